The van der Waals surface area contributed by atoms with Crippen LogP contribution in [0.2, 0.25) is 0 Å². The van der Waals surface area contributed by atoms with Gasteiger partial charge in [-0.2, -0.15) is 0 Å². The molecule has 8 nitrogen and oxygen atoms in total. The van der Waals surface area contributed by atoms with Crippen LogP contribution in [0.1, 0.15) is 70.9 Å². The molecule has 0 radical (unpaired) electrons. The molecular weight excluding hydrogens is 461 g/mol. The number of hydrogen-bond donors (Lipinski definition) is 2. The predicted molar refractivity (Wildman–Crippen MR) is 121 cm³/mol. The Morgan fingerprint density at radius 3 is 2.59 bits per heavy atom. The summed E-state index contributed by atoms with van der Waals surface area (Å²) in [5.74, 6) is 0.194. The van der Waals surface area contributed by atoms with Gasteiger partial charge in [-0.1, -0.05) is 0 Å². The highest BCUT2D eigenvalue weighted by Gasteiger charge is 2.46. The summed E-state index contributed by atoms with van der Waals surface area (Å²) in [4.78, 5) is 23.3. The second kappa shape index (κ2) is 9.07. The molecule has 2 fully saturated rings. The molecule has 0 spiro atoms. The molecule has 10 heteroatoms. The lowest BCUT2D eigenvalue weighted by molar-refractivity contribution is -0.0817. The molecule has 2 atom stereocenters. The van der Waals surface area contributed by atoms with Crippen LogP contribution < -0.4 is 0 Å². The molecule has 3 aliphatic rings. The third-order valence-corrected chi connectivity index (χ3v) is 8.26. The zero-order valence-electron chi connectivity index (χ0n) is 18.9. The van der Waals surface area contributed by atoms with Gasteiger partial charge in [-0.15, -0.1) is 0 Å². The molecule has 2 aromatic rings. The van der Waals surface area contributed by atoms with Crippen LogP contribution in [-0.2, 0) is 22.1 Å². The molecule has 1 aromatic carbocycles. The van der Waals surface area contributed by atoms with Gasteiger partial charge in [0.2, 0.25) is 0 Å². The fourth-order valence-corrected chi connectivity index (χ4v) is 5.89. The van der Waals surface area contributed by atoms with E-state index in [-0.39, 0.29) is 30.2 Å². The summed E-state index contributed by atoms with van der Waals surface area (Å²) >= 11 is 0. The predicted octanol–water partition coefficient (Wildman–Crippen LogP) is 2.31. The van der Waals surface area contributed by atoms with Crippen molar-refractivity contribution in [1.82, 2.24) is 14.9 Å². The van der Waals surface area contributed by atoms with Crippen molar-refractivity contribution in [1.29, 1.82) is 0 Å². The van der Waals surface area contributed by atoms with Gasteiger partial charge in [-0.3, -0.25) is 9.00 Å². The Bertz CT molecular complexity index is 1110. The van der Waals surface area contributed by atoms with E-state index in [1.165, 1.54) is 17.0 Å². The Labute approximate surface area is 199 Å². The summed E-state index contributed by atoms with van der Waals surface area (Å²) in [7, 11) is -0.874. The Morgan fingerprint density at radius 1 is 1.26 bits per heavy atom. The number of carbonyl (C=O) groups is 1. The van der Waals surface area contributed by atoms with Gasteiger partial charge in [-0.25, -0.2) is 14.4 Å². The third kappa shape index (κ3) is 4.64. The Balaban J connectivity index is 1.45. The number of aliphatic hydroxyl groups is 2. The average molecular weight is 490 g/mol. The molecule has 1 saturated carbocycles. The highest BCUT2D eigenvalue weighted by Crippen LogP contribution is 2.43. The van der Waals surface area contributed by atoms with Crippen LogP contribution in [0.25, 0.3) is 0 Å². The van der Waals surface area contributed by atoms with Crippen molar-refractivity contribution in [2.75, 3.05) is 18.1 Å². The quantitative estimate of drug-likeness (QED) is 0.614. The first kappa shape index (κ1) is 23.5. The normalized spacial score (nSPS) is 26.4. The zero-order valence-corrected chi connectivity index (χ0v) is 19.8. The second-order valence-electron chi connectivity index (χ2n) is 9.59. The monoisotopic (exact) mass is 489 g/mol. The van der Waals surface area contributed by atoms with Crippen molar-refractivity contribution >= 4 is 16.7 Å². The topological polar surface area (TPSA) is 113 Å². The summed E-state index contributed by atoms with van der Waals surface area (Å²) in [5.41, 5.74) is 0.497. The number of aromatic nitrogens is 2. The van der Waals surface area contributed by atoms with Crippen LogP contribution in [0.15, 0.2) is 24.5 Å². The SMILES string of the molecule is Cc1cnc(CN2C(=O)c3cc(C(O)C4CCS(=O)CC4)cc(F)c3[C@H]2OCC2(O)CC2)nc1. The van der Waals surface area contributed by atoms with E-state index in [9.17, 15) is 19.2 Å². The molecule has 182 valence electrons. The summed E-state index contributed by atoms with van der Waals surface area (Å²) in [6.45, 7) is 1.86. The molecule has 5 rings (SSSR count). The Morgan fingerprint density at radius 2 is 1.94 bits per heavy atom. The second-order valence-corrected chi connectivity index (χ2v) is 11.3. The smallest absolute Gasteiger partial charge is 0.257 e. The molecule has 1 amide bonds. The lowest BCUT2D eigenvalue weighted by atomic mass is 9.89. The van der Waals surface area contributed by atoms with E-state index in [0.717, 1.165) is 5.56 Å². The minimum Gasteiger partial charge on any atom is -0.388 e. The van der Waals surface area contributed by atoms with E-state index in [2.05, 4.69) is 9.97 Å². The molecule has 3 heterocycles. The van der Waals surface area contributed by atoms with Gasteiger partial charge in [0.15, 0.2) is 6.23 Å². The molecule has 0 bridgehead atoms. The van der Waals surface area contributed by atoms with Crippen molar-refractivity contribution in [3.63, 3.8) is 0 Å². The minimum absolute atomic E-state index is 0.0152. The number of aliphatic hydroxyl groups excluding tert-OH is 1. The molecule has 2 aliphatic heterocycles. The Kier molecular flexibility index (Phi) is 6.26. The number of aryl methyl sites for hydroxylation is 1. The maximum Gasteiger partial charge on any atom is 0.257 e. The fourth-order valence-electron chi connectivity index (χ4n) is 4.56. The first-order valence-corrected chi connectivity index (χ1v) is 13.0. The fraction of sp³-hybridized carbons (Fsp3) is 0.542. The molecule has 1 aromatic heterocycles. The first-order valence-electron chi connectivity index (χ1n) is 11.5. The van der Waals surface area contributed by atoms with Gasteiger partial charge in [0, 0.05) is 40.3 Å². The van der Waals surface area contributed by atoms with Gasteiger partial charge in [0.25, 0.3) is 5.91 Å². The minimum atomic E-state index is -1.03. The Hall–Kier alpha value is -2.27. The molecular formula is C24H28FN3O5S. The van der Waals surface area contributed by atoms with Gasteiger partial charge in [0.1, 0.15) is 11.6 Å². The van der Waals surface area contributed by atoms with E-state index in [1.807, 2.05) is 6.92 Å². The number of fused-ring (bicyclic) bond motifs is 1. The third-order valence-electron chi connectivity index (χ3n) is 6.88. The number of halogens is 1. The van der Waals surface area contributed by atoms with Gasteiger partial charge >= 0.3 is 0 Å². The number of ether oxygens (including phenoxy) is 1. The maximum atomic E-state index is 15.5. The highest BCUT2D eigenvalue weighted by molar-refractivity contribution is 7.85. The zero-order chi connectivity index (χ0) is 24.0. The molecule has 2 N–H and O–H groups in total. The van der Waals surface area contributed by atoms with E-state index < -0.39 is 40.5 Å². The standard InChI is InChI=1S/C24H28FN3O5S/c1-14-10-26-19(27-11-14)12-28-22(30)17-8-16(21(29)15-2-6-34(32)7-3-15)9-18(25)20(17)23(28)33-13-24(31)4-5-24/h8-11,15,21,23,29,31H,2-7,12-13H2,1H3/t15?,21?,23-,34?/m1/s1. The van der Waals surface area contributed by atoms with Crippen LogP contribution >= 0.6 is 0 Å². The summed E-state index contributed by atoms with van der Waals surface area (Å²) < 4.78 is 33.0. The number of nitrogens with zero attached hydrogens (tertiary/aromatic N) is 3. The average Bonchev–Trinajstić information content (AvgIpc) is 3.50. The van der Waals surface area contributed by atoms with Gasteiger partial charge in [-0.05, 0) is 61.8 Å². The summed E-state index contributed by atoms with van der Waals surface area (Å²) in [6, 6.07) is 2.80. The summed E-state index contributed by atoms with van der Waals surface area (Å²) in [6.07, 6.45) is 3.67. The number of rotatable bonds is 7. The van der Waals surface area contributed by atoms with Gasteiger partial charge in [0.05, 0.1) is 30.4 Å². The van der Waals surface area contributed by atoms with Crippen molar-refractivity contribution < 1.29 is 28.3 Å². The molecule has 1 saturated heterocycles. The summed E-state index contributed by atoms with van der Waals surface area (Å²) in [5, 5.41) is 21.2. The van der Waals surface area contributed by atoms with E-state index >= 15 is 4.39 Å². The van der Waals surface area contributed by atoms with Crippen molar-refractivity contribution in [3.8, 4) is 0 Å². The van der Waals surface area contributed by atoms with Crippen LogP contribution in [-0.4, -0.2) is 58.9 Å². The number of carbonyl (C=O) groups excluding carboxylic acids is 1. The van der Waals surface area contributed by atoms with Crippen molar-refractivity contribution in [3.05, 3.63) is 58.4 Å². The van der Waals surface area contributed by atoms with Crippen LogP contribution in [0.3, 0.4) is 0 Å². The van der Waals surface area contributed by atoms with Gasteiger partial charge < -0.3 is 19.8 Å². The van der Waals surface area contributed by atoms with Crippen molar-refractivity contribution in [2.45, 2.75) is 57.1 Å². The van der Waals surface area contributed by atoms with Crippen LogP contribution in [0.5, 0.6) is 0 Å². The lowest BCUT2D eigenvalue weighted by Crippen LogP contribution is -2.32. The van der Waals surface area contributed by atoms with Crippen LogP contribution in [0.4, 0.5) is 4.39 Å². The van der Waals surface area contributed by atoms with E-state index in [4.69, 9.17) is 4.74 Å². The first-order chi connectivity index (χ1) is 16.2. The highest BCUT2D eigenvalue weighted by atomic mass is 32.2. The number of amides is 1. The number of benzene rings is 1. The largest absolute Gasteiger partial charge is 0.388 e. The van der Waals surface area contributed by atoms with E-state index in [0.29, 0.717) is 48.6 Å². The van der Waals surface area contributed by atoms with E-state index in [1.54, 1.807) is 12.4 Å². The van der Waals surface area contributed by atoms with Crippen molar-refractivity contribution in [2.24, 2.45) is 5.92 Å². The number of hydrogen-bond acceptors (Lipinski definition) is 7. The molecule has 34 heavy (non-hydrogen) atoms. The van der Waals surface area contributed by atoms with Crippen LogP contribution in [0, 0.1) is 18.7 Å². The lowest BCUT2D eigenvalue weighted by Gasteiger charge is -2.27. The maximum absolute atomic E-state index is 15.5. The molecule has 1 unspecified atom stereocenters. The molecule has 1 aliphatic carbocycles.